The first-order valence-corrected chi connectivity index (χ1v) is 11.5. The lowest BCUT2D eigenvalue weighted by atomic mass is 9.82. The number of aliphatic hydroxyl groups is 1. The number of aromatic amines is 1. The molecule has 0 spiro atoms. The number of aromatic nitrogens is 2. The van der Waals surface area contributed by atoms with E-state index in [1.807, 2.05) is 56.3 Å². The molecule has 0 radical (unpaired) electrons. The Morgan fingerprint density at radius 3 is 2.51 bits per heavy atom. The molecule has 1 aliphatic carbocycles. The molecule has 174 valence electrons. The monoisotopic (exact) mass is 465 g/mol. The van der Waals surface area contributed by atoms with Gasteiger partial charge in [0.05, 0.1) is 5.69 Å². The van der Waals surface area contributed by atoms with Crippen molar-refractivity contribution in [3.8, 4) is 17.0 Å². The second-order valence-corrected chi connectivity index (χ2v) is 9.27. The molecular weight excluding hydrogens is 442 g/mol. The van der Waals surface area contributed by atoms with Gasteiger partial charge in [0.2, 0.25) is 11.3 Å². The van der Waals surface area contributed by atoms with Gasteiger partial charge in [0, 0.05) is 22.3 Å². The third kappa shape index (κ3) is 2.85. The highest BCUT2D eigenvalue weighted by Crippen LogP contribution is 2.58. The summed E-state index contributed by atoms with van der Waals surface area (Å²) in [5, 5.41) is 21.8. The number of nitrogens with one attached hydrogen (secondary N) is 2. The van der Waals surface area contributed by atoms with Crippen molar-refractivity contribution in [2.45, 2.75) is 31.1 Å². The maximum Gasteiger partial charge on any atom is 0.271 e. The average molecular weight is 466 g/mol. The van der Waals surface area contributed by atoms with Crippen LogP contribution in [0.2, 0.25) is 0 Å². The topological polar surface area (TPSA) is 104 Å². The normalized spacial score (nSPS) is 21.9. The summed E-state index contributed by atoms with van der Waals surface area (Å²) in [7, 11) is 0. The van der Waals surface area contributed by atoms with E-state index in [0.29, 0.717) is 28.1 Å². The number of rotatable bonds is 4. The van der Waals surface area contributed by atoms with Crippen molar-refractivity contribution in [2.75, 3.05) is 0 Å². The molecule has 4 aromatic rings. The summed E-state index contributed by atoms with van der Waals surface area (Å²) in [5.74, 6) is -2.51. The largest absolute Gasteiger partial charge is 0.454 e. The number of fused-ring (bicyclic) bond motifs is 5. The van der Waals surface area contributed by atoms with Crippen LogP contribution in [0.5, 0.6) is 5.75 Å². The van der Waals surface area contributed by atoms with Crippen molar-refractivity contribution < 1.29 is 19.4 Å². The van der Waals surface area contributed by atoms with E-state index in [-0.39, 0.29) is 11.6 Å². The van der Waals surface area contributed by atoms with E-state index in [0.717, 1.165) is 11.1 Å². The number of carbonyl (C=O) groups is 2. The first kappa shape index (κ1) is 21.3. The van der Waals surface area contributed by atoms with Gasteiger partial charge in [-0.05, 0) is 23.6 Å². The zero-order valence-electron chi connectivity index (χ0n) is 19.2. The smallest absolute Gasteiger partial charge is 0.271 e. The van der Waals surface area contributed by atoms with Crippen LogP contribution in [0.1, 0.15) is 57.3 Å². The number of hydrogen-bond acceptors (Lipinski definition) is 5. The van der Waals surface area contributed by atoms with Gasteiger partial charge < -0.3 is 15.2 Å². The van der Waals surface area contributed by atoms with Crippen LogP contribution in [0.25, 0.3) is 11.3 Å². The lowest BCUT2D eigenvalue weighted by molar-refractivity contribution is -0.169. The molecule has 1 amide bonds. The van der Waals surface area contributed by atoms with E-state index < -0.39 is 23.0 Å². The summed E-state index contributed by atoms with van der Waals surface area (Å²) in [6.07, 6.45) is 0. The molecule has 3 N–H and O–H groups in total. The molecule has 2 atom stereocenters. The van der Waals surface area contributed by atoms with Crippen molar-refractivity contribution in [3.63, 3.8) is 0 Å². The average Bonchev–Trinajstić information content (AvgIpc) is 3.50. The summed E-state index contributed by atoms with van der Waals surface area (Å²) in [6, 6.07) is 23.3. The lowest BCUT2D eigenvalue weighted by Crippen LogP contribution is -2.60. The van der Waals surface area contributed by atoms with Gasteiger partial charge in [-0.15, -0.1) is 0 Å². The number of H-pyrrole nitrogens is 1. The second-order valence-electron chi connectivity index (χ2n) is 9.27. The Bertz CT molecular complexity index is 1490. The van der Waals surface area contributed by atoms with Crippen LogP contribution in [-0.4, -0.2) is 27.0 Å². The molecule has 0 saturated carbocycles. The molecule has 7 nitrogen and oxygen atoms in total. The Labute approximate surface area is 201 Å². The number of Topliss-reactive ketones (excluding diaryl/α,β-unsaturated/α-hetero) is 1. The zero-order chi connectivity index (χ0) is 24.4. The van der Waals surface area contributed by atoms with Crippen molar-refractivity contribution in [3.05, 3.63) is 107 Å². The zero-order valence-corrected chi connectivity index (χ0v) is 19.2. The quantitative estimate of drug-likeness (QED) is 0.418. The SMILES string of the molecule is CC(C)c1ccc2c(c1)OC1(O)c3ccccc3C(=O)C21NC(=O)c1cc(-c2ccccc2)n[nH]1. The van der Waals surface area contributed by atoms with E-state index in [2.05, 4.69) is 15.5 Å². The minimum Gasteiger partial charge on any atom is -0.454 e. The van der Waals surface area contributed by atoms with Crippen LogP contribution >= 0.6 is 0 Å². The van der Waals surface area contributed by atoms with E-state index >= 15 is 0 Å². The Hall–Kier alpha value is -4.23. The molecule has 2 unspecified atom stereocenters. The molecule has 7 heteroatoms. The fourth-order valence-electron chi connectivity index (χ4n) is 5.06. The Balaban J connectivity index is 1.46. The van der Waals surface area contributed by atoms with E-state index in [9.17, 15) is 14.7 Å². The number of ketones is 1. The van der Waals surface area contributed by atoms with E-state index in [1.165, 1.54) is 0 Å². The predicted octanol–water partition coefficient (Wildman–Crippen LogP) is 4.26. The Kier molecular flexibility index (Phi) is 4.50. The lowest BCUT2D eigenvalue weighted by Gasteiger charge is -2.34. The van der Waals surface area contributed by atoms with Crippen LogP contribution < -0.4 is 10.1 Å². The fourth-order valence-corrected chi connectivity index (χ4v) is 5.06. The summed E-state index contributed by atoms with van der Waals surface area (Å²) in [4.78, 5) is 27.4. The van der Waals surface area contributed by atoms with E-state index in [1.54, 1.807) is 36.4 Å². The number of nitrogens with zero attached hydrogens (tertiary/aromatic N) is 1. The van der Waals surface area contributed by atoms with Crippen LogP contribution in [0, 0.1) is 0 Å². The summed E-state index contributed by atoms with van der Waals surface area (Å²) < 4.78 is 6.11. The van der Waals surface area contributed by atoms with E-state index in [4.69, 9.17) is 4.74 Å². The van der Waals surface area contributed by atoms with Crippen molar-refractivity contribution in [1.82, 2.24) is 15.5 Å². The molecule has 2 heterocycles. The molecular formula is C28H23N3O4. The van der Waals surface area contributed by atoms with Gasteiger partial charge in [-0.1, -0.05) is 80.6 Å². The van der Waals surface area contributed by atoms with Gasteiger partial charge in [-0.2, -0.15) is 5.10 Å². The van der Waals surface area contributed by atoms with Crippen LogP contribution in [0.3, 0.4) is 0 Å². The molecule has 3 aromatic carbocycles. The third-order valence-electron chi connectivity index (χ3n) is 6.91. The van der Waals surface area contributed by atoms with Crippen LogP contribution in [0.15, 0.2) is 78.9 Å². The maximum absolute atomic E-state index is 13.9. The number of carbonyl (C=O) groups excluding carboxylic acids is 2. The van der Waals surface area contributed by atoms with Crippen LogP contribution in [0.4, 0.5) is 0 Å². The molecule has 1 aromatic heterocycles. The maximum atomic E-state index is 13.9. The number of hydrogen-bond donors (Lipinski definition) is 3. The Morgan fingerprint density at radius 2 is 1.74 bits per heavy atom. The van der Waals surface area contributed by atoms with Gasteiger partial charge in [-0.25, -0.2) is 0 Å². The highest BCUT2D eigenvalue weighted by atomic mass is 16.6. The first-order valence-electron chi connectivity index (χ1n) is 11.5. The minimum atomic E-state index is -2.09. The number of ether oxygens (including phenoxy) is 1. The fraction of sp³-hybridized carbons (Fsp3) is 0.179. The molecule has 1 aliphatic heterocycles. The van der Waals surface area contributed by atoms with Crippen molar-refractivity contribution >= 4 is 11.7 Å². The van der Waals surface area contributed by atoms with Gasteiger partial charge in [0.25, 0.3) is 11.7 Å². The predicted molar refractivity (Wildman–Crippen MR) is 129 cm³/mol. The molecule has 0 fully saturated rings. The third-order valence-corrected chi connectivity index (χ3v) is 6.91. The second kappa shape index (κ2) is 7.38. The Morgan fingerprint density at radius 1 is 1.00 bits per heavy atom. The van der Waals surface area contributed by atoms with Crippen molar-refractivity contribution in [1.29, 1.82) is 0 Å². The first-order chi connectivity index (χ1) is 16.8. The van der Waals surface area contributed by atoms with Crippen LogP contribution in [-0.2, 0) is 11.3 Å². The molecule has 2 aliphatic rings. The van der Waals surface area contributed by atoms with Gasteiger partial charge in [-0.3, -0.25) is 14.7 Å². The van der Waals surface area contributed by atoms with Gasteiger partial charge in [0.15, 0.2) is 0 Å². The standard InChI is InChI=1S/C28H23N3O4/c1-16(2)18-12-13-21-24(14-18)35-28(34)20-11-7-6-10-19(20)25(32)27(21,28)29-26(33)23-15-22(30-31-23)17-8-4-3-5-9-17/h3-16,34H,1-2H3,(H,29,33)(H,30,31). The minimum absolute atomic E-state index is 0.164. The molecule has 0 bridgehead atoms. The molecule has 35 heavy (non-hydrogen) atoms. The summed E-state index contributed by atoms with van der Waals surface area (Å²) >= 11 is 0. The van der Waals surface area contributed by atoms with Crippen molar-refractivity contribution in [2.24, 2.45) is 0 Å². The van der Waals surface area contributed by atoms with Gasteiger partial charge >= 0.3 is 0 Å². The van der Waals surface area contributed by atoms with Gasteiger partial charge in [0.1, 0.15) is 11.4 Å². The molecule has 0 saturated heterocycles. The number of amides is 1. The summed E-state index contributed by atoms with van der Waals surface area (Å²) in [5.41, 5.74) is 1.81. The molecule has 6 rings (SSSR count). The highest BCUT2D eigenvalue weighted by Gasteiger charge is 2.71. The summed E-state index contributed by atoms with van der Waals surface area (Å²) in [6.45, 7) is 4.10. The number of benzene rings is 3. The highest BCUT2D eigenvalue weighted by molar-refractivity contribution is 6.13.